The number of rotatable bonds is 4. The number of nitrogens with zero attached hydrogens (tertiary/aromatic N) is 2. The number of carboxylic acids is 1. The minimum absolute atomic E-state index is 0.0663. The average Bonchev–Trinajstić information content (AvgIpc) is 2.83. The van der Waals surface area contributed by atoms with E-state index in [0.29, 0.717) is 18.7 Å². The first-order chi connectivity index (χ1) is 11.3. The second-order valence-corrected chi connectivity index (χ2v) is 6.91. The molecular formula is C17H18ClN3O3. The largest absolute Gasteiger partial charge is 0.480 e. The van der Waals surface area contributed by atoms with Crippen LogP contribution in [0.15, 0.2) is 35.1 Å². The molecule has 1 aliphatic heterocycles. The summed E-state index contributed by atoms with van der Waals surface area (Å²) in [6, 6.07) is 8.61. The van der Waals surface area contributed by atoms with Gasteiger partial charge in [0.05, 0.1) is 5.69 Å². The lowest BCUT2D eigenvalue weighted by molar-refractivity contribution is -0.140. The third kappa shape index (κ3) is 2.78. The highest BCUT2D eigenvalue weighted by atomic mass is 35.5. The van der Waals surface area contributed by atoms with Crippen molar-refractivity contribution in [3.63, 3.8) is 0 Å². The second-order valence-electron chi connectivity index (χ2n) is 6.56. The minimum Gasteiger partial charge on any atom is -0.480 e. The van der Waals surface area contributed by atoms with E-state index in [1.54, 1.807) is 0 Å². The van der Waals surface area contributed by atoms with Crippen LogP contribution in [-0.2, 0) is 16.8 Å². The molecule has 0 fully saturated rings. The Bertz CT molecular complexity index is 846. The molecule has 0 amide bonds. The van der Waals surface area contributed by atoms with Gasteiger partial charge in [0.15, 0.2) is 11.0 Å². The Morgan fingerprint density at radius 3 is 2.71 bits per heavy atom. The molecule has 0 radical (unpaired) electrons. The third-order valence-electron chi connectivity index (χ3n) is 4.31. The van der Waals surface area contributed by atoms with E-state index < -0.39 is 23.0 Å². The van der Waals surface area contributed by atoms with Gasteiger partial charge in [0.25, 0.3) is 5.56 Å². The first-order valence-corrected chi connectivity index (χ1v) is 8.02. The van der Waals surface area contributed by atoms with Crippen LogP contribution in [0.25, 0.3) is 0 Å². The number of aliphatic carboxylic acids is 1. The van der Waals surface area contributed by atoms with E-state index in [2.05, 4.69) is 10.3 Å². The zero-order valence-electron chi connectivity index (χ0n) is 13.4. The van der Waals surface area contributed by atoms with Gasteiger partial charge in [-0.25, -0.2) is 9.78 Å². The van der Waals surface area contributed by atoms with Crippen LogP contribution in [0.1, 0.15) is 37.6 Å². The van der Waals surface area contributed by atoms with Crippen LogP contribution >= 0.6 is 11.6 Å². The molecule has 24 heavy (non-hydrogen) atoms. The number of anilines is 1. The summed E-state index contributed by atoms with van der Waals surface area (Å²) in [5.74, 6) is -0.975. The van der Waals surface area contributed by atoms with Crippen molar-refractivity contribution in [3.05, 3.63) is 57.1 Å². The van der Waals surface area contributed by atoms with E-state index in [9.17, 15) is 14.7 Å². The molecule has 2 N–H and O–H groups in total. The van der Waals surface area contributed by atoms with Crippen LogP contribution < -0.4 is 10.9 Å². The van der Waals surface area contributed by atoms with Gasteiger partial charge in [-0.15, -0.1) is 0 Å². The van der Waals surface area contributed by atoms with Crippen molar-refractivity contribution in [3.8, 4) is 0 Å². The van der Waals surface area contributed by atoms with Crippen molar-refractivity contribution < 1.29 is 9.90 Å². The molecule has 3 rings (SSSR count). The van der Waals surface area contributed by atoms with Gasteiger partial charge in [-0.05, 0) is 12.0 Å². The molecule has 1 atom stereocenters. The first-order valence-electron chi connectivity index (χ1n) is 7.64. The number of nitrogens with one attached hydrogen (secondary N) is 1. The zero-order chi connectivity index (χ0) is 17.5. The van der Waals surface area contributed by atoms with Crippen LogP contribution in [-0.4, -0.2) is 20.6 Å². The van der Waals surface area contributed by atoms with Gasteiger partial charge in [0.2, 0.25) is 0 Å². The van der Waals surface area contributed by atoms with Crippen LogP contribution in [0.5, 0.6) is 0 Å². The van der Waals surface area contributed by atoms with Crippen LogP contribution in [0.2, 0.25) is 5.15 Å². The maximum Gasteiger partial charge on any atom is 0.326 e. The molecule has 7 heteroatoms. The smallest absolute Gasteiger partial charge is 0.326 e. The molecule has 126 valence electrons. The van der Waals surface area contributed by atoms with Gasteiger partial charge in [0.1, 0.15) is 6.04 Å². The number of hydrogen-bond acceptors (Lipinski definition) is 4. The quantitative estimate of drug-likeness (QED) is 0.888. The highest BCUT2D eigenvalue weighted by molar-refractivity contribution is 6.30. The number of carbonyl (C=O) groups is 1. The topological polar surface area (TPSA) is 84.2 Å². The van der Waals surface area contributed by atoms with Crippen molar-refractivity contribution in [1.29, 1.82) is 0 Å². The fourth-order valence-corrected chi connectivity index (χ4v) is 3.61. The van der Waals surface area contributed by atoms with Gasteiger partial charge < -0.3 is 10.4 Å². The summed E-state index contributed by atoms with van der Waals surface area (Å²) in [5.41, 5.74) is 0.482. The Morgan fingerprint density at radius 1 is 1.42 bits per heavy atom. The van der Waals surface area contributed by atoms with Crippen molar-refractivity contribution in [2.24, 2.45) is 0 Å². The Labute approximate surface area is 144 Å². The van der Waals surface area contributed by atoms with Gasteiger partial charge >= 0.3 is 5.97 Å². The van der Waals surface area contributed by atoms with E-state index in [4.69, 9.17) is 11.6 Å². The molecule has 1 aliphatic rings. The number of halogens is 1. The summed E-state index contributed by atoms with van der Waals surface area (Å²) < 4.78 is 1.27. The highest BCUT2D eigenvalue weighted by Gasteiger charge is 2.44. The van der Waals surface area contributed by atoms with Gasteiger partial charge in [0, 0.05) is 12.0 Å². The summed E-state index contributed by atoms with van der Waals surface area (Å²) in [7, 11) is 0. The molecule has 0 aliphatic carbocycles. The van der Waals surface area contributed by atoms with Crippen LogP contribution in [0, 0.1) is 0 Å². The molecule has 1 aromatic heterocycles. The maximum atomic E-state index is 12.8. The molecule has 2 heterocycles. The molecule has 0 saturated heterocycles. The van der Waals surface area contributed by atoms with E-state index in [0.717, 1.165) is 5.56 Å². The lowest BCUT2D eigenvalue weighted by Gasteiger charge is -2.19. The molecule has 1 aromatic carbocycles. The lowest BCUT2D eigenvalue weighted by atomic mass is 9.87. The summed E-state index contributed by atoms with van der Waals surface area (Å²) >= 11 is 6.28. The van der Waals surface area contributed by atoms with E-state index in [-0.39, 0.29) is 11.0 Å². The zero-order valence-corrected chi connectivity index (χ0v) is 14.2. The molecule has 0 saturated carbocycles. The fraction of sp³-hybridized carbons (Fsp3) is 0.353. The summed E-state index contributed by atoms with van der Waals surface area (Å²) in [6.45, 7) is 4.14. The fourth-order valence-electron chi connectivity index (χ4n) is 3.18. The maximum absolute atomic E-state index is 12.8. The standard InChI is InChI=1S/C17H18ClN3O3/c1-17(2)8-11(16(23)24)21-12(17)13(18)20-14(15(21)22)19-9-10-6-4-3-5-7-10/h3-7,11H,8-9H2,1-2H3,(H,19,20)(H,23,24). The molecule has 0 bridgehead atoms. The van der Waals surface area contributed by atoms with E-state index in [1.165, 1.54) is 4.57 Å². The SMILES string of the molecule is CC1(C)CC(C(=O)O)n2c1c(Cl)nc(NCc1ccccc1)c2=O. The Balaban J connectivity index is 2.02. The molecule has 1 unspecified atom stereocenters. The van der Waals surface area contributed by atoms with E-state index >= 15 is 0 Å². The van der Waals surface area contributed by atoms with Gasteiger partial charge in [-0.3, -0.25) is 9.36 Å². The molecular weight excluding hydrogens is 330 g/mol. The number of hydrogen-bond donors (Lipinski definition) is 2. The summed E-state index contributed by atoms with van der Waals surface area (Å²) in [4.78, 5) is 28.5. The highest BCUT2D eigenvalue weighted by Crippen LogP contribution is 2.42. The lowest BCUT2D eigenvalue weighted by Crippen LogP contribution is -2.31. The van der Waals surface area contributed by atoms with Crippen molar-refractivity contribution in [2.75, 3.05) is 5.32 Å². The molecule has 0 spiro atoms. The average molecular weight is 348 g/mol. The van der Waals surface area contributed by atoms with Crippen LogP contribution in [0.3, 0.4) is 0 Å². The van der Waals surface area contributed by atoms with Crippen molar-refractivity contribution in [2.45, 2.75) is 38.3 Å². The third-order valence-corrected chi connectivity index (χ3v) is 4.58. The predicted octanol–water partition coefficient (Wildman–Crippen LogP) is 2.82. The first kappa shape index (κ1) is 16.5. The Morgan fingerprint density at radius 2 is 2.08 bits per heavy atom. The predicted molar refractivity (Wildman–Crippen MR) is 91.6 cm³/mol. The molecule has 2 aromatic rings. The number of fused-ring (bicyclic) bond motifs is 1. The molecule has 6 nitrogen and oxygen atoms in total. The monoisotopic (exact) mass is 347 g/mol. The second kappa shape index (κ2) is 5.94. The number of carboxylic acid groups (broad SMARTS) is 1. The van der Waals surface area contributed by atoms with Gasteiger partial charge in [-0.1, -0.05) is 55.8 Å². The summed E-state index contributed by atoms with van der Waals surface area (Å²) in [5, 5.41) is 12.6. The Kier molecular flexibility index (Phi) is 4.09. The van der Waals surface area contributed by atoms with Crippen molar-refractivity contribution >= 4 is 23.4 Å². The van der Waals surface area contributed by atoms with Crippen LogP contribution in [0.4, 0.5) is 5.82 Å². The number of benzene rings is 1. The van der Waals surface area contributed by atoms with E-state index in [1.807, 2.05) is 44.2 Å². The van der Waals surface area contributed by atoms with Gasteiger partial charge in [-0.2, -0.15) is 0 Å². The summed E-state index contributed by atoms with van der Waals surface area (Å²) in [6.07, 6.45) is 0.307. The van der Waals surface area contributed by atoms with Crippen molar-refractivity contribution in [1.82, 2.24) is 9.55 Å². The number of aromatic nitrogens is 2. The Hall–Kier alpha value is -2.34. The normalized spacial score (nSPS) is 18.2. The minimum atomic E-state index is -1.04.